The highest BCUT2D eigenvalue weighted by molar-refractivity contribution is 7.99. The minimum Gasteiger partial charge on any atom is -0.378 e. The van der Waals surface area contributed by atoms with E-state index >= 15 is 0 Å². The molecular weight excluding hydrogens is 313 g/mol. The number of nitriles is 1. The van der Waals surface area contributed by atoms with Crippen molar-refractivity contribution in [1.82, 2.24) is 4.90 Å². The van der Waals surface area contributed by atoms with Crippen LogP contribution in [-0.4, -0.2) is 56.1 Å². The Bertz CT molecular complexity index is 617. The molecule has 0 aromatic heterocycles. The summed E-state index contributed by atoms with van der Waals surface area (Å²) in [4.78, 5) is 5.44. The average molecular weight is 333 g/mol. The van der Waals surface area contributed by atoms with Crippen LogP contribution in [0.15, 0.2) is 23.1 Å². The van der Waals surface area contributed by atoms with E-state index in [-0.39, 0.29) is 11.6 Å². The molecule has 0 amide bonds. The first-order valence-electron chi connectivity index (χ1n) is 8.10. The molecule has 122 valence electrons. The molecule has 1 aromatic carbocycles. The topological polar surface area (TPSA) is 39.5 Å². The number of fused-ring (bicyclic) bond motifs is 1. The van der Waals surface area contributed by atoms with Gasteiger partial charge < -0.3 is 9.64 Å². The maximum absolute atomic E-state index is 14.2. The minimum absolute atomic E-state index is 0.215. The third kappa shape index (κ3) is 2.93. The minimum atomic E-state index is -0.215. The second-order valence-corrected chi connectivity index (χ2v) is 7.65. The van der Waals surface area contributed by atoms with Crippen molar-refractivity contribution in [2.24, 2.45) is 11.8 Å². The number of thioether (sulfide) groups is 1. The highest BCUT2D eigenvalue weighted by Crippen LogP contribution is 2.36. The van der Waals surface area contributed by atoms with E-state index in [2.05, 4.69) is 9.80 Å². The van der Waals surface area contributed by atoms with Crippen molar-refractivity contribution >= 4 is 17.4 Å². The van der Waals surface area contributed by atoms with Crippen LogP contribution in [0.5, 0.6) is 0 Å². The molecular formula is C17H20FN3OS. The number of hydrogen-bond donors (Lipinski definition) is 0. The van der Waals surface area contributed by atoms with Crippen molar-refractivity contribution in [3.8, 4) is 6.07 Å². The summed E-state index contributed by atoms with van der Waals surface area (Å²) in [5, 5.41) is 8.61. The third-order valence-corrected chi connectivity index (χ3v) is 6.14. The van der Waals surface area contributed by atoms with Gasteiger partial charge in [-0.05, 0) is 30.0 Å². The van der Waals surface area contributed by atoms with E-state index in [9.17, 15) is 4.39 Å². The second kappa shape index (κ2) is 6.31. The monoisotopic (exact) mass is 333 g/mol. The van der Waals surface area contributed by atoms with E-state index in [1.807, 2.05) is 12.1 Å². The highest BCUT2D eigenvalue weighted by atomic mass is 32.2. The van der Waals surface area contributed by atoms with Crippen LogP contribution in [0.4, 0.5) is 10.1 Å². The number of nitrogens with zero attached hydrogens (tertiary/aromatic N) is 3. The van der Waals surface area contributed by atoms with Crippen LogP contribution in [0.2, 0.25) is 0 Å². The van der Waals surface area contributed by atoms with Gasteiger partial charge in [0.25, 0.3) is 0 Å². The van der Waals surface area contributed by atoms with Crippen molar-refractivity contribution < 1.29 is 9.13 Å². The lowest BCUT2D eigenvalue weighted by Crippen LogP contribution is -2.48. The lowest BCUT2D eigenvalue weighted by atomic mass is 10.0. The molecule has 4 rings (SSSR count). The molecule has 0 spiro atoms. The van der Waals surface area contributed by atoms with Crippen molar-refractivity contribution in [1.29, 1.82) is 5.26 Å². The van der Waals surface area contributed by atoms with Gasteiger partial charge in [-0.3, -0.25) is 4.90 Å². The smallest absolute Gasteiger partial charge is 0.138 e. The summed E-state index contributed by atoms with van der Waals surface area (Å²) in [6.07, 6.45) is 0. The van der Waals surface area contributed by atoms with Crippen LogP contribution in [0.3, 0.4) is 0 Å². The van der Waals surface area contributed by atoms with E-state index < -0.39 is 0 Å². The third-order valence-electron chi connectivity index (χ3n) is 5.22. The number of benzene rings is 1. The van der Waals surface area contributed by atoms with Crippen molar-refractivity contribution in [2.45, 2.75) is 10.9 Å². The summed E-state index contributed by atoms with van der Waals surface area (Å²) in [6.45, 7) is 6.09. The highest BCUT2D eigenvalue weighted by Gasteiger charge is 2.43. The summed E-state index contributed by atoms with van der Waals surface area (Å²) in [5.41, 5.74) is 0.969. The first kappa shape index (κ1) is 15.3. The van der Waals surface area contributed by atoms with Gasteiger partial charge in [0.1, 0.15) is 5.82 Å². The Morgan fingerprint density at radius 3 is 2.52 bits per heavy atom. The van der Waals surface area contributed by atoms with E-state index in [1.54, 1.807) is 12.1 Å². The van der Waals surface area contributed by atoms with E-state index in [4.69, 9.17) is 10.00 Å². The summed E-state index contributed by atoms with van der Waals surface area (Å²) in [5.74, 6) is 1.44. The molecule has 3 aliphatic heterocycles. The second-order valence-electron chi connectivity index (χ2n) is 6.63. The zero-order chi connectivity index (χ0) is 15.8. The molecule has 1 aromatic rings. The van der Waals surface area contributed by atoms with Gasteiger partial charge in [0.05, 0.1) is 31.1 Å². The zero-order valence-electron chi connectivity index (χ0n) is 12.9. The Morgan fingerprint density at radius 1 is 1.22 bits per heavy atom. The predicted octanol–water partition coefficient (Wildman–Crippen LogP) is 2.21. The lowest BCUT2D eigenvalue weighted by Gasteiger charge is -2.35. The summed E-state index contributed by atoms with van der Waals surface area (Å²) in [7, 11) is 0. The standard InChI is InChI=1S/C17H20FN3OS/c18-16-5-14(1-2-17(16)23-4-3-19)20-6-12-8-21(9-13(12)7-20)15-10-22-11-15/h1-2,5,12-13,15H,4,6-11H2. The van der Waals surface area contributed by atoms with Gasteiger partial charge in [0.2, 0.25) is 0 Å². The summed E-state index contributed by atoms with van der Waals surface area (Å²) in [6, 6.07) is 8.08. The molecule has 2 atom stereocenters. The SMILES string of the molecule is N#CCSc1ccc(N2CC3CN(C4COC4)CC3C2)cc1F. The van der Waals surface area contributed by atoms with Gasteiger partial charge in [-0.1, -0.05) is 0 Å². The fourth-order valence-electron chi connectivity index (χ4n) is 3.89. The van der Waals surface area contributed by atoms with E-state index in [0.29, 0.717) is 22.8 Å². The number of hydrogen-bond acceptors (Lipinski definition) is 5. The number of likely N-dealkylation sites (tertiary alicyclic amines) is 1. The number of rotatable bonds is 4. The molecule has 3 aliphatic rings. The van der Waals surface area contributed by atoms with Crippen LogP contribution >= 0.6 is 11.8 Å². The molecule has 4 nitrogen and oxygen atoms in total. The molecule has 0 saturated carbocycles. The molecule has 3 heterocycles. The normalized spacial score (nSPS) is 27.7. The zero-order valence-corrected chi connectivity index (χ0v) is 13.8. The maximum atomic E-state index is 14.2. The molecule has 6 heteroatoms. The summed E-state index contributed by atoms with van der Waals surface area (Å²) >= 11 is 1.25. The number of anilines is 1. The first-order valence-corrected chi connectivity index (χ1v) is 9.09. The van der Waals surface area contributed by atoms with Crippen LogP contribution in [-0.2, 0) is 4.74 Å². The van der Waals surface area contributed by atoms with Crippen LogP contribution in [0, 0.1) is 29.0 Å². The molecule has 0 radical (unpaired) electrons. The van der Waals surface area contributed by atoms with Crippen molar-refractivity contribution in [2.75, 3.05) is 50.0 Å². The predicted molar refractivity (Wildman–Crippen MR) is 88.1 cm³/mol. The number of halogens is 1. The maximum Gasteiger partial charge on any atom is 0.138 e. The van der Waals surface area contributed by atoms with Gasteiger partial charge in [-0.25, -0.2) is 4.39 Å². The van der Waals surface area contributed by atoms with Crippen LogP contribution < -0.4 is 4.90 Å². The molecule has 2 unspecified atom stereocenters. The Hall–Kier alpha value is -1.29. The fraction of sp³-hybridized carbons (Fsp3) is 0.588. The molecule has 23 heavy (non-hydrogen) atoms. The molecule has 0 aliphatic carbocycles. The van der Waals surface area contributed by atoms with Gasteiger partial charge in [0, 0.05) is 36.8 Å². The van der Waals surface area contributed by atoms with Gasteiger partial charge in [-0.2, -0.15) is 5.26 Å². The van der Waals surface area contributed by atoms with E-state index in [0.717, 1.165) is 45.1 Å². The van der Waals surface area contributed by atoms with Crippen molar-refractivity contribution in [3.63, 3.8) is 0 Å². The fourth-order valence-corrected chi connectivity index (χ4v) is 4.47. The van der Waals surface area contributed by atoms with Crippen LogP contribution in [0.25, 0.3) is 0 Å². The lowest BCUT2D eigenvalue weighted by molar-refractivity contribution is -0.0590. The Labute approximate surface area is 140 Å². The van der Waals surface area contributed by atoms with Gasteiger partial charge >= 0.3 is 0 Å². The van der Waals surface area contributed by atoms with Gasteiger partial charge in [-0.15, -0.1) is 11.8 Å². The quantitative estimate of drug-likeness (QED) is 0.790. The van der Waals surface area contributed by atoms with E-state index in [1.165, 1.54) is 11.8 Å². The Morgan fingerprint density at radius 2 is 1.96 bits per heavy atom. The largest absolute Gasteiger partial charge is 0.378 e. The molecule has 0 N–H and O–H groups in total. The number of ether oxygens (including phenoxy) is 1. The molecule has 0 bridgehead atoms. The summed E-state index contributed by atoms with van der Waals surface area (Å²) < 4.78 is 19.5. The molecule has 3 fully saturated rings. The molecule has 3 saturated heterocycles. The Kier molecular flexibility index (Phi) is 4.18. The van der Waals surface area contributed by atoms with Crippen molar-refractivity contribution in [3.05, 3.63) is 24.0 Å². The Balaban J connectivity index is 1.39. The van der Waals surface area contributed by atoms with Gasteiger partial charge in [0.15, 0.2) is 0 Å². The average Bonchev–Trinajstić information content (AvgIpc) is 3.02. The first-order chi connectivity index (χ1) is 11.2. The van der Waals surface area contributed by atoms with Crippen LogP contribution in [0.1, 0.15) is 0 Å².